The predicted octanol–water partition coefficient (Wildman–Crippen LogP) is 1.40. The van der Waals surface area contributed by atoms with Crippen LogP contribution in [0.15, 0.2) is 48.5 Å². The smallest absolute Gasteiger partial charge is 0.237 e. The van der Waals surface area contributed by atoms with E-state index < -0.39 is 0 Å². The van der Waals surface area contributed by atoms with E-state index in [1.807, 2.05) is 30.3 Å². The van der Waals surface area contributed by atoms with Crippen LogP contribution in [0.2, 0.25) is 0 Å². The number of benzene rings is 2. The number of nitrogens with one attached hydrogen (secondary N) is 3. The summed E-state index contributed by atoms with van der Waals surface area (Å²) in [6, 6.07) is 14.4. The number of rotatable bonds is 7. The molecule has 3 rings (SSSR count). The molecular formula is C20H24N4O3. The van der Waals surface area contributed by atoms with Crippen molar-refractivity contribution in [3.63, 3.8) is 0 Å². The highest BCUT2D eigenvalue weighted by atomic mass is 16.5. The van der Waals surface area contributed by atoms with E-state index in [4.69, 9.17) is 20.6 Å². The Kier molecular flexibility index (Phi) is 5.93. The van der Waals surface area contributed by atoms with Gasteiger partial charge in [0.15, 0.2) is 0 Å². The second-order valence-corrected chi connectivity index (χ2v) is 6.44. The first kappa shape index (κ1) is 18.7. The number of carbonyl (C=O) groups excluding carboxylic acids is 1. The van der Waals surface area contributed by atoms with E-state index in [1.54, 1.807) is 25.3 Å². The minimum absolute atomic E-state index is 0.000725. The van der Waals surface area contributed by atoms with Crippen LogP contribution in [0, 0.1) is 5.41 Å². The fourth-order valence-corrected chi connectivity index (χ4v) is 2.98. The van der Waals surface area contributed by atoms with Gasteiger partial charge in [-0.1, -0.05) is 24.3 Å². The molecule has 0 aromatic heterocycles. The van der Waals surface area contributed by atoms with Gasteiger partial charge in [0.1, 0.15) is 23.4 Å². The second kappa shape index (κ2) is 8.55. The van der Waals surface area contributed by atoms with Crippen LogP contribution in [0.4, 0.5) is 0 Å². The van der Waals surface area contributed by atoms with Crippen molar-refractivity contribution in [1.82, 2.24) is 10.6 Å². The summed E-state index contributed by atoms with van der Waals surface area (Å²) in [5.74, 6) is 1.39. The van der Waals surface area contributed by atoms with Gasteiger partial charge >= 0.3 is 0 Å². The van der Waals surface area contributed by atoms with E-state index in [0.29, 0.717) is 30.8 Å². The first-order valence-corrected chi connectivity index (χ1v) is 8.80. The van der Waals surface area contributed by atoms with E-state index in [1.165, 1.54) is 0 Å². The number of nitrogen functional groups attached to an aromatic ring is 1. The van der Waals surface area contributed by atoms with Gasteiger partial charge in [0.05, 0.1) is 13.2 Å². The summed E-state index contributed by atoms with van der Waals surface area (Å²) in [5.41, 5.74) is 7.13. The molecule has 0 radical (unpaired) electrons. The Balaban J connectivity index is 1.49. The zero-order valence-corrected chi connectivity index (χ0v) is 15.2. The van der Waals surface area contributed by atoms with Gasteiger partial charge in [-0.2, -0.15) is 0 Å². The highest BCUT2D eigenvalue weighted by Gasteiger charge is 2.30. The molecule has 1 fully saturated rings. The quantitative estimate of drug-likeness (QED) is 0.436. The lowest BCUT2D eigenvalue weighted by atomic mass is 10.1. The van der Waals surface area contributed by atoms with Crippen molar-refractivity contribution in [3.8, 4) is 11.5 Å². The molecule has 5 N–H and O–H groups in total. The summed E-state index contributed by atoms with van der Waals surface area (Å²) in [6.45, 7) is 1.05. The number of amides is 1. The van der Waals surface area contributed by atoms with Crippen LogP contribution in [0.5, 0.6) is 11.5 Å². The van der Waals surface area contributed by atoms with Gasteiger partial charge in [0, 0.05) is 25.1 Å². The normalized spacial score (nSPS) is 18.7. The first-order chi connectivity index (χ1) is 13.0. The Labute approximate surface area is 158 Å². The zero-order chi connectivity index (χ0) is 19.2. The molecule has 0 bridgehead atoms. The van der Waals surface area contributed by atoms with E-state index in [-0.39, 0.29) is 23.9 Å². The van der Waals surface area contributed by atoms with E-state index in [2.05, 4.69) is 10.6 Å². The second-order valence-electron chi connectivity index (χ2n) is 6.44. The third-order valence-electron chi connectivity index (χ3n) is 4.48. The molecule has 1 aliphatic rings. The lowest BCUT2D eigenvalue weighted by molar-refractivity contribution is -0.123. The van der Waals surface area contributed by atoms with Crippen LogP contribution in [-0.4, -0.2) is 37.5 Å². The summed E-state index contributed by atoms with van der Waals surface area (Å²) in [4.78, 5) is 12.4. The topological polar surface area (TPSA) is 109 Å². The Morgan fingerprint density at radius 1 is 1.26 bits per heavy atom. The molecule has 2 aromatic carbocycles. The molecule has 27 heavy (non-hydrogen) atoms. The number of amidine groups is 1. The number of methoxy groups -OCH3 is 1. The van der Waals surface area contributed by atoms with Gasteiger partial charge in [0.25, 0.3) is 0 Å². The summed E-state index contributed by atoms with van der Waals surface area (Å²) < 4.78 is 11.1. The number of hydrogen-bond donors (Lipinski definition) is 4. The summed E-state index contributed by atoms with van der Waals surface area (Å²) in [7, 11) is 1.62. The summed E-state index contributed by atoms with van der Waals surface area (Å²) in [5, 5.41) is 13.6. The van der Waals surface area contributed by atoms with Crippen molar-refractivity contribution < 1.29 is 14.3 Å². The Morgan fingerprint density at radius 2 is 2.04 bits per heavy atom. The highest BCUT2D eigenvalue weighted by Crippen LogP contribution is 2.19. The average molecular weight is 368 g/mol. The van der Waals surface area contributed by atoms with Gasteiger partial charge in [-0.15, -0.1) is 0 Å². The van der Waals surface area contributed by atoms with Crippen molar-refractivity contribution in [3.05, 3.63) is 59.7 Å². The molecule has 0 unspecified atom stereocenters. The third kappa shape index (κ3) is 4.98. The maximum atomic E-state index is 12.4. The van der Waals surface area contributed by atoms with Gasteiger partial charge in [-0.05, 0) is 29.8 Å². The first-order valence-electron chi connectivity index (χ1n) is 8.80. The standard InChI is InChI=1S/C20H24N4O3/c1-26-15-7-5-13(6-8-15)11-24-20(25)18-10-17(12-23-18)27-16-4-2-3-14(9-16)19(21)22/h2-9,17-18,23H,10-12H2,1H3,(H3,21,22)(H,24,25)/t17-,18+/m1/s1. The van der Waals surface area contributed by atoms with Crippen molar-refractivity contribution in [2.24, 2.45) is 5.73 Å². The molecule has 0 spiro atoms. The number of nitrogens with two attached hydrogens (primary N) is 1. The van der Waals surface area contributed by atoms with Crippen LogP contribution in [0.3, 0.4) is 0 Å². The van der Waals surface area contributed by atoms with Crippen LogP contribution in [0.1, 0.15) is 17.5 Å². The minimum atomic E-state index is -0.288. The molecule has 0 saturated carbocycles. The fraction of sp³-hybridized carbons (Fsp3) is 0.300. The average Bonchev–Trinajstić information content (AvgIpc) is 3.15. The number of ether oxygens (including phenoxy) is 2. The Morgan fingerprint density at radius 3 is 2.74 bits per heavy atom. The van der Waals surface area contributed by atoms with Gasteiger partial charge in [-0.25, -0.2) is 0 Å². The van der Waals surface area contributed by atoms with Crippen molar-refractivity contribution in [2.75, 3.05) is 13.7 Å². The van der Waals surface area contributed by atoms with E-state index in [0.717, 1.165) is 11.3 Å². The number of carbonyl (C=O) groups is 1. The fourth-order valence-electron chi connectivity index (χ4n) is 2.98. The number of hydrogen-bond acceptors (Lipinski definition) is 5. The van der Waals surface area contributed by atoms with Crippen LogP contribution >= 0.6 is 0 Å². The van der Waals surface area contributed by atoms with Crippen LogP contribution < -0.4 is 25.8 Å². The lowest BCUT2D eigenvalue weighted by Crippen LogP contribution is -2.39. The van der Waals surface area contributed by atoms with Gasteiger partial charge in [0.2, 0.25) is 5.91 Å². The maximum Gasteiger partial charge on any atom is 0.237 e. The predicted molar refractivity (Wildman–Crippen MR) is 103 cm³/mol. The maximum absolute atomic E-state index is 12.4. The highest BCUT2D eigenvalue weighted by molar-refractivity contribution is 5.95. The Bertz CT molecular complexity index is 807. The molecule has 1 heterocycles. The summed E-state index contributed by atoms with van der Waals surface area (Å²) in [6.07, 6.45) is 0.475. The van der Waals surface area contributed by atoms with E-state index in [9.17, 15) is 4.79 Å². The monoisotopic (exact) mass is 368 g/mol. The summed E-state index contributed by atoms with van der Waals surface area (Å²) >= 11 is 0. The molecular weight excluding hydrogens is 344 g/mol. The SMILES string of the molecule is COc1ccc(CNC(=O)[C@@H]2C[C@@H](Oc3cccc(C(=N)N)c3)CN2)cc1. The molecule has 1 aliphatic heterocycles. The van der Waals surface area contributed by atoms with Crippen LogP contribution in [-0.2, 0) is 11.3 Å². The molecule has 7 nitrogen and oxygen atoms in total. The zero-order valence-electron chi connectivity index (χ0n) is 15.2. The molecule has 7 heteroatoms. The van der Waals surface area contributed by atoms with Gasteiger partial charge in [-0.3, -0.25) is 10.2 Å². The third-order valence-corrected chi connectivity index (χ3v) is 4.48. The van der Waals surface area contributed by atoms with E-state index >= 15 is 0 Å². The molecule has 142 valence electrons. The van der Waals surface area contributed by atoms with Gasteiger partial charge < -0.3 is 25.8 Å². The largest absolute Gasteiger partial charge is 0.497 e. The molecule has 1 amide bonds. The minimum Gasteiger partial charge on any atom is -0.497 e. The Hall–Kier alpha value is -3.06. The molecule has 1 saturated heterocycles. The molecule has 0 aliphatic carbocycles. The molecule has 2 atom stereocenters. The molecule has 2 aromatic rings. The van der Waals surface area contributed by atoms with Crippen molar-refractivity contribution >= 4 is 11.7 Å². The van der Waals surface area contributed by atoms with Crippen molar-refractivity contribution in [1.29, 1.82) is 5.41 Å². The van der Waals surface area contributed by atoms with Crippen molar-refractivity contribution in [2.45, 2.75) is 25.1 Å². The van der Waals surface area contributed by atoms with Crippen LogP contribution in [0.25, 0.3) is 0 Å². The lowest BCUT2D eigenvalue weighted by Gasteiger charge is -2.14.